The van der Waals surface area contributed by atoms with Crippen LogP contribution in [0.4, 0.5) is 0 Å². The molecule has 2 heterocycles. The topological polar surface area (TPSA) is 64.6 Å². The lowest BCUT2D eigenvalue weighted by Crippen LogP contribution is -2.29. The molecule has 1 N–H and O–H groups in total. The first kappa shape index (κ1) is 24.0. The minimum atomic E-state index is -3.87. The molecule has 8 heteroatoms. The Morgan fingerprint density at radius 1 is 0.971 bits per heavy atom. The lowest BCUT2D eigenvalue weighted by Gasteiger charge is -2.19. The minimum absolute atomic E-state index is 0.169. The molecule has 180 valence electrons. The summed E-state index contributed by atoms with van der Waals surface area (Å²) in [7, 11) is -3.87. The summed E-state index contributed by atoms with van der Waals surface area (Å²) in [6.45, 7) is 1.61. The Balaban J connectivity index is 1.53. The number of sulfonamides is 1. The quantitative estimate of drug-likeness (QED) is 0.326. The first-order chi connectivity index (χ1) is 17.0. The van der Waals surface area contributed by atoms with Crippen molar-refractivity contribution in [2.45, 2.75) is 17.4 Å². The molecule has 35 heavy (non-hydrogen) atoms. The highest BCUT2D eigenvalue weighted by Gasteiger charge is 2.25. The number of halogens is 1. The molecule has 0 bridgehead atoms. The van der Waals surface area contributed by atoms with Gasteiger partial charge in [0.25, 0.3) is 0 Å². The van der Waals surface area contributed by atoms with E-state index in [2.05, 4.69) is 4.72 Å². The third-order valence-electron chi connectivity index (χ3n) is 5.70. The number of ether oxygens (including phenoxy) is 2. The van der Waals surface area contributed by atoms with Crippen molar-refractivity contribution in [1.29, 1.82) is 0 Å². The first-order valence-corrected chi connectivity index (χ1v) is 14.0. The van der Waals surface area contributed by atoms with E-state index in [9.17, 15) is 8.42 Å². The van der Waals surface area contributed by atoms with Gasteiger partial charge in [-0.25, -0.2) is 8.42 Å². The number of hydrogen-bond donors (Lipinski definition) is 1. The molecule has 5 rings (SSSR count). The summed E-state index contributed by atoms with van der Waals surface area (Å²) in [6, 6.07) is 21.6. The summed E-state index contributed by atoms with van der Waals surface area (Å²) in [4.78, 5) is 1.03. The maximum atomic E-state index is 13.6. The van der Waals surface area contributed by atoms with Gasteiger partial charge >= 0.3 is 0 Å². The summed E-state index contributed by atoms with van der Waals surface area (Å²) in [5.41, 5.74) is 1.54. The van der Waals surface area contributed by atoms with Crippen molar-refractivity contribution in [1.82, 2.24) is 4.72 Å². The van der Waals surface area contributed by atoms with Crippen LogP contribution in [0, 0.1) is 0 Å². The summed E-state index contributed by atoms with van der Waals surface area (Å²) < 4.78 is 42.4. The standard InChI is InChI=1S/C27H24ClNO4S2/c28-23-11-4-9-21-18-25(34-27(21)23)26(19-7-2-1-3-8-19)29-35(30,31)22-12-13-24-20(17-22)10-5-14-32-15-6-16-33-24/h1-5,7-13,17-18,26,29H,6,14-16H2/b10-5+. The third-order valence-corrected chi connectivity index (χ3v) is 8.80. The van der Waals surface area contributed by atoms with Gasteiger partial charge in [-0.1, -0.05) is 66.2 Å². The molecule has 3 aromatic carbocycles. The lowest BCUT2D eigenvalue weighted by atomic mass is 10.1. The fourth-order valence-electron chi connectivity index (χ4n) is 3.97. The zero-order valence-corrected chi connectivity index (χ0v) is 21.2. The van der Waals surface area contributed by atoms with Crippen LogP contribution in [0.15, 0.2) is 83.8 Å². The predicted molar refractivity (Wildman–Crippen MR) is 142 cm³/mol. The van der Waals surface area contributed by atoms with Gasteiger partial charge in [-0.05, 0) is 41.3 Å². The van der Waals surface area contributed by atoms with Crippen molar-refractivity contribution in [2.75, 3.05) is 19.8 Å². The second-order valence-electron chi connectivity index (χ2n) is 8.15. The third kappa shape index (κ3) is 5.44. The fraction of sp³-hybridized carbons (Fsp3) is 0.185. The van der Waals surface area contributed by atoms with Crippen molar-refractivity contribution in [2.24, 2.45) is 0 Å². The molecule has 0 amide bonds. The first-order valence-electron chi connectivity index (χ1n) is 11.3. The number of benzene rings is 3. The number of hydrogen-bond acceptors (Lipinski definition) is 5. The molecule has 1 aliphatic heterocycles. The number of thiophene rings is 1. The Bertz CT molecular complexity index is 1470. The van der Waals surface area contributed by atoms with Gasteiger partial charge in [-0.3, -0.25) is 0 Å². The summed E-state index contributed by atoms with van der Waals surface area (Å²) in [5, 5.41) is 1.63. The van der Waals surface area contributed by atoms with Crippen LogP contribution in [0.25, 0.3) is 16.2 Å². The zero-order valence-electron chi connectivity index (χ0n) is 18.8. The normalized spacial score (nSPS) is 16.3. The van der Waals surface area contributed by atoms with Gasteiger partial charge in [0.1, 0.15) is 5.75 Å². The Morgan fingerprint density at radius 2 is 1.83 bits per heavy atom. The van der Waals surface area contributed by atoms with Crippen molar-refractivity contribution in [3.05, 3.63) is 99.9 Å². The Kier molecular flexibility index (Phi) is 7.22. The van der Waals surface area contributed by atoms with Crippen LogP contribution in [-0.2, 0) is 14.8 Å². The number of nitrogens with one attached hydrogen (secondary N) is 1. The Labute approximate surface area is 214 Å². The van der Waals surface area contributed by atoms with E-state index in [0.717, 1.165) is 26.9 Å². The molecule has 1 aromatic heterocycles. The molecule has 0 saturated heterocycles. The summed E-state index contributed by atoms with van der Waals surface area (Å²) in [6.07, 6.45) is 4.47. The molecule has 0 radical (unpaired) electrons. The largest absolute Gasteiger partial charge is 0.493 e. The molecule has 1 atom stereocenters. The molecular weight excluding hydrogens is 502 g/mol. The molecule has 5 nitrogen and oxygen atoms in total. The lowest BCUT2D eigenvalue weighted by molar-refractivity contribution is 0.142. The van der Waals surface area contributed by atoms with E-state index in [0.29, 0.717) is 36.2 Å². The van der Waals surface area contributed by atoms with Crippen molar-refractivity contribution < 1.29 is 17.9 Å². The van der Waals surface area contributed by atoms with E-state index in [1.165, 1.54) is 11.3 Å². The summed E-state index contributed by atoms with van der Waals surface area (Å²) >= 11 is 7.90. The van der Waals surface area contributed by atoms with E-state index >= 15 is 0 Å². The van der Waals surface area contributed by atoms with E-state index in [1.807, 2.05) is 66.7 Å². The maximum Gasteiger partial charge on any atom is 0.241 e. The zero-order chi connectivity index (χ0) is 24.3. The van der Waals surface area contributed by atoms with E-state index in [1.54, 1.807) is 18.2 Å². The second-order valence-corrected chi connectivity index (χ2v) is 11.4. The van der Waals surface area contributed by atoms with E-state index in [-0.39, 0.29) is 4.90 Å². The number of fused-ring (bicyclic) bond motifs is 2. The van der Waals surface area contributed by atoms with Crippen LogP contribution in [-0.4, -0.2) is 28.2 Å². The average molecular weight is 526 g/mol. The Hall–Kier alpha value is -2.68. The van der Waals surface area contributed by atoms with E-state index < -0.39 is 16.1 Å². The van der Waals surface area contributed by atoms with Gasteiger partial charge in [0, 0.05) is 16.9 Å². The highest BCUT2D eigenvalue weighted by molar-refractivity contribution is 7.89. The van der Waals surface area contributed by atoms with Crippen LogP contribution >= 0.6 is 22.9 Å². The van der Waals surface area contributed by atoms with Gasteiger partial charge in [-0.15, -0.1) is 11.3 Å². The molecular formula is C27H24ClNO4S2. The van der Waals surface area contributed by atoms with E-state index in [4.69, 9.17) is 21.1 Å². The molecule has 0 spiro atoms. The van der Waals surface area contributed by atoms with Crippen LogP contribution in [0.1, 0.15) is 28.5 Å². The minimum Gasteiger partial charge on any atom is -0.493 e. The SMILES string of the molecule is O=S(=O)(NC(c1ccccc1)c1cc2cccc(Cl)c2s1)c1ccc2c(c1)/C=C/COCCCO2. The molecule has 0 saturated carbocycles. The smallest absolute Gasteiger partial charge is 0.241 e. The second kappa shape index (κ2) is 10.5. The summed E-state index contributed by atoms with van der Waals surface area (Å²) in [5.74, 6) is 0.654. The van der Waals surface area contributed by atoms with Crippen LogP contribution < -0.4 is 9.46 Å². The van der Waals surface area contributed by atoms with Gasteiger partial charge in [0.05, 0.1) is 40.5 Å². The molecule has 0 aliphatic carbocycles. The van der Waals surface area contributed by atoms with Crippen molar-refractivity contribution in [3.63, 3.8) is 0 Å². The molecule has 4 aromatic rings. The van der Waals surface area contributed by atoms with Crippen molar-refractivity contribution in [3.8, 4) is 5.75 Å². The molecule has 1 aliphatic rings. The van der Waals surface area contributed by atoms with Gasteiger partial charge in [-0.2, -0.15) is 4.72 Å². The van der Waals surface area contributed by atoms with Crippen molar-refractivity contribution >= 4 is 49.1 Å². The van der Waals surface area contributed by atoms with Gasteiger partial charge in [0.15, 0.2) is 0 Å². The van der Waals surface area contributed by atoms with Gasteiger partial charge in [0.2, 0.25) is 10.0 Å². The van der Waals surface area contributed by atoms with Gasteiger partial charge < -0.3 is 9.47 Å². The highest BCUT2D eigenvalue weighted by Crippen LogP contribution is 2.37. The average Bonchev–Trinajstić information content (AvgIpc) is 3.31. The highest BCUT2D eigenvalue weighted by atomic mass is 35.5. The number of rotatable bonds is 5. The molecule has 0 fully saturated rings. The van der Waals surface area contributed by atoms with Crippen LogP contribution in [0.3, 0.4) is 0 Å². The monoisotopic (exact) mass is 525 g/mol. The fourth-order valence-corrected chi connectivity index (χ4v) is 6.73. The molecule has 1 unspecified atom stereocenters. The maximum absolute atomic E-state index is 13.6. The Morgan fingerprint density at radius 3 is 2.66 bits per heavy atom. The van der Waals surface area contributed by atoms with Crippen LogP contribution in [0.2, 0.25) is 5.02 Å². The van der Waals surface area contributed by atoms with Crippen LogP contribution in [0.5, 0.6) is 5.75 Å². The predicted octanol–water partition coefficient (Wildman–Crippen LogP) is 6.43.